The van der Waals surface area contributed by atoms with Gasteiger partial charge in [-0.25, -0.2) is 0 Å². The van der Waals surface area contributed by atoms with Gasteiger partial charge in [-0.15, -0.1) is 24.0 Å². The van der Waals surface area contributed by atoms with Gasteiger partial charge in [0.25, 0.3) is 0 Å². The fourth-order valence-electron chi connectivity index (χ4n) is 2.04. The highest BCUT2D eigenvalue weighted by Crippen LogP contribution is 2.24. The van der Waals surface area contributed by atoms with Crippen LogP contribution in [0.4, 0.5) is 0 Å². The van der Waals surface area contributed by atoms with E-state index in [0.29, 0.717) is 5.96 Å². The van der Waals surface area contributed by atoms with Crippen molar-refractivity contribution in [2.75, 3.05) is 26.7 Å². The van der Waals surface area contributed by atoms with E-state index < -0.39 is 0 Å². The molecule has 0 aliphatic rings. The zero-order valence-electron chi connectivity index (χ0n) is 12.9. The zero-order valence-corrected chi connectivity index (χ0v) is 16.9. The van der Waals surface area contributed by atoms with Crippen LogP contribution < -0.4 is 10.5 Å². The van der Waals surface area contributed by atoms with Gasteiger partial charge in [0.15, 0.2) is 5.96 Å². The quantitative estimate of drug-likeness (QED) is 0.287. The van der Waals surface area contributed by atoms with Crippen LogP contribution in [0.2, 0.25) is 0 Å². The minimum Gasteiger partial charge on any atom is -0.496 e. The largest absolute Gasteiger partial charge is 0.496 e. The Morgan fingerprint density at radius 1 is 1.33 bits per heavy atom. The van der Waals surface area contributed by atoms with Crippen molar-refractivity contribution >= 4 is 45.9 Å². The van der Waals surface area contributed by atoms with Gasteiger partial charge in [0, 0.05) is 24.1 Å². The molecule has 0 radical (unpaired) electrons. The van der Waals surface area contributed by atoms with Gasteiger partial charge in [0.05, 0.1) is 7.11 Å². The topological polar surface area (TPSA) is 50.8 Å². The third-order valence-corrected chi connectivity index (χ3v) is 3.71. The van der Waals surface area contributed by atoms with E-state index in [9.17, 15) is 0 Å². The summed E-state index contributed by atoms with van der Waals surface area (Å²) in [5, 5.41) is 0. The average molecular weight is 470 g/mol. The molecule has 0 saturated carbocycles. The monoisotopic (exact) mass is 469 g/mol. The molecule has 0 unspecified atom stereocenters. The fraction of sp³-hybridized carbons (Fsp3) is 0.533. The maximum absolute atomic E-state index is 5.94. The maximum atomic E-state index is 5.94. The number of rotatable bonds is 7. The third-order valence-electron chi connectivity index (χ3n) is 3.21. The van der Waals surface area contributed by atoms with Crippen LogP contribution >= 0.6 is 39.9 Å². The Morgan fingerprint density at radius 2 is 2.00 bits per heavy atom. The number of nitrogens with zero attached hydrogens (tertiary/aromatic N) is 2. The summed E-state index contributed by atoms with van der Waals surface area (Å²) in [5.41, 5.74) is 7.14. The molecular weight excluding hydrogens is 445 g/mol. The molecule has 0 atom stereocenters. The van der Waals surface area contributed by atoms with Gasteiger partial charge in [-0.05, 0) is 44.4 Å². The lowest BCUT2D eigenvalue weighted by Gasteiger charge is -2.19. The van der Waals surface area contributed by atoms with Crippen molar-refractivity contribution in [3.8, 4) is 5.75 Å². The van der Waals surface area contributed by atoms with Crippen molar-refractivity contribution in [2.45, 2.75) is 26.7 Å². The first kappa shape index (κ1) is 20.5. The number of halogens is 2. The van der Waals surface area contributed by atoms with Crippen molar-refractivity contribution in [3.05, 3.63) is 28.2 Å². The lowest BCUT2D eigenvalue weighted by atomic mass is 10.1. The summed E-state index contributed by atoms with van der Waals surface area (Å²) in [6.07, 6.45) is 1.89. The van der Waals surface area contributed by atoms with Gasteiger partial charge in [0.1, 0.15) is 5.75 Å². The number of benzene rings is 1. The van der Waals surface area contributed by atoms with Gasteiger partial charge >= 0.3 is 0 Å². The van der Waals surface area contributed by atoms with E-state index in [1.54, 1.807) is 7.11 Å². The molecule has 0 fully saturated rings. The number of methoxy groups -OCH3 is 1. The molecule has 0 amide bonds. The van der Waals surface area contributed by atoms with E-state index in [-0.39, 0.29) is 24.0 Å². The van der Waals surface area contributed by atoms with Crippen LogP contribution in [0.3, 0.4) is 0 Å². The van der Waals surface area contributed by atoms with Crippen LogP contribution in [0.25, 0.3) is 0 Å². The Kier molecular flexibility index (Phi) is 10.9. The van der Waals surface area contributed by atoms with Crippen molar-refractivity contribution in [1.29, 1.82) is 0 Å². The molecule has 6 heteroatoms. The molecule has 0 aromatic heterocycles. The highest BCUT2D eigenvalue weighted by atomic mass is 127. The van der Waals surface area contributed by atoms with Gasteiger partial charge in [0.2, 0.25) is 0 Å². The zero-order chi connectivity index (χ0) is 15.0. The van der Waals surface area contributed by atoms with Crippen LogP contribution in [-0.2, 0) is 6.42 Å². The van der Waals surface area contributed by atoms with Gasteiger partial charge in [-0.1, -0.05) is 22.0 Å². The molecule has 2 N–H and O–H groups in total. The molecule has 0 aliphatic heterocycles. The van der Waals surface area contributed by atoms with Crippen molar-refractivity contribution in [3.63, 3.8) is 0 Å². The van der Waals surface area contributed by atoms with E-state index in [2.05, 4.69) is 45.7 Å². The minimum absolute atomic E-state index is 0. The molecule has 21 heavy (non-hydrogen) atoms. The number of ether oxygens (including phenoxy) is 1. The molecule has 120 valence electrons. The van der Waals surface area contributed by atoms with E-state index in [1.165, 1.54) is 5.56 Å². The second-order valence-corrected chi connectivity index (χ2v) is 5.39. The minimum atomic E-state index is 0. The Morgan fingerprint density at radius 3 is 2.57 bits per heavy atom. The number of aliphatic imine (C=N–C) groups is 1. The number of hydrogen-bond acceptors (Lipinski definition) is 2. The molecule has 1 aromatic carbocycles. The fourth-order valence-corrected chi connectivity index (χ4v) is 2.38. The Balaban J connectivity index is 0.00000400. The second kappa shape index (κ2) is 11.1. The van der Waals surface area contributed by atoms with Gasteiger partial charge < -0.3 is 15.4 Å². The molecule has 0 saturated heterocycles. The molecule has 1 aromatic rings. The number of guanidine groups is 1. The lowest BCUT2D eigenvalue weighted by Crippen LogP contribution is -2.37. The summed E-state index contributed by atoms with van der Waals surface area (Å²) < 4.78 is 6.41. The van der Waals surface area contributed by atoms with E-state index in [1.807, 2.05) is 12.1 Å². The van der Waals surface area contributed by atoms with Crippen LogP contribution in [0.5, 0.6) is 5.75 Å². The standard InChI is InChI=1S/C15H24BrN3O.HI/c1-4-19(5-2)15(17)18-10-6-7-12-8-9-13(16)11-14(12)20-3;/h8-9,11H,4-7,10H2,1-3H3,(H2,17,18);1H. The number of nitrogens with two attached hydrogens (primary N) is 1. The van der Waals surface area contributed by atoms with Gasteiger partial charge in [-0.2, -0.15) is 0 Å². The Labute approximate surface area is 153 Å². The van der Waals surface area contributed by atoms with Crippen molar-refractivity contribution < 1.29 is 4.74 Å². The SMILES string of the molecule is CCN(CC)C(N)=NCCCc1ccc(Br)cc1OC.I. The lowest BCUT2D eigenvalue weighted by molar-refractivity contribution is 0.409. The van der Waals surface area contributed by atoms with E-state index >= 15 is 0 Å². The van der Waals surface area contributed by atoms with Crippen LogP contribution in [0, 0.1) is 0 Å². The summed E-state index contributed by atoms with van der Waals surface area (Å²) in [4.78, 5) is 6.48. The van der Waals surface area contributed by atoms with Crippen LogP contribution in [-0.4, -0.2) is 37.6 Å². The van der Waals surface area contributed by atoms with E-state index in [0.717, 1.165) is 42.7 Å². The third kappa shape index (κ3) is 6.86. The molecular formula is C15H25BrIN3O. The summed E-state index contributed by atoms with van der Waals surface area (Å²) in [6.45, 7) is 6.69. The highest BCUT2D eigenvalue weighted by molar-refractivity contribution is 14.0. The molecule has 0 bridgehead atoms. The molecule has 0 spiro atoms. The summed E-state index contributed by atoms with van der Waals surface area (Å²) in [7, 11) is 1.70. The molecule has 0 heterocycles. The van der Waals surface area contributed by atoms with Crippen molar-refractivity contribution in [1.82, 2.24) is 4.90 Å². The van der Waals surface area contributed by atoms with Crippen LogP contribution in [0.1, 0.15) is 25.8 Å². The maximum Gasteiger partial charge on any atom is 0.191 e. The van der Waals surface area contributed by atoms with Crippen LogP contribution in [0.15, 0.2) is 27.7 Å². The first-order chi connectivity index (χ1) is 9.62. The summed E-state index contributed by atoms with van der Waals surface area (Å²) in [5.74, 6) is 1.55. The second-order valence-electron chi connectivity index (χ2n) is 4.47. The average Bonchev–Trinajstić information content (AvgIpc) is 2.46. The summed E-state index contributed by atoms with van der Waals surface area (Å²) in [6, 6.07) is 6.11. The Bertz CT molecular complexity index is 451. The Hall–Kier alpha value is -0.500. The molecule has 0 aliphatic carbocycles. The number of hydrogen-bond donors (Lipinski definition) is 1. The highest BCUT2D eigenvalue weighted by Gasteiger charge is 2.04. The smallest absolute Gasteiger partial charge is 0.191 e. The molecule has 1 rings (SSSR count). The van der Waals surface area contributed by atoms with E-state index in [4.69, 9.17) is 10.5 Å². The normalized spacial score (nSPS) is 11.0. The number of aryl methyl sites for hydroxylation is 1. The first-order valence-electron chi connectivity index (χ1n) is 6.99. The van der Waals surface area contributed by atoms with Gasteiger partial charge in [-0.3, -0.25) is 4.99 Å². The molecule has 4 nitrogen and oxygen atoms in total. The van der Waals surface area contributed by atoms with Crippen molar-refractivity contribution in [2.24, 2.45) is 10.7 Å². The first-order valence-corrected chi connectivity index (χ1v) is 7.78. The predicted octanol–water partition coefficient (Wildman–Crippen LogP) is 3.66. The summed E-state index contributed by atoms with van der Waals surface area (Å²) >= 11 is 3.45. The predicted molar refractivity (Wildman–Crippen MR) is 104 cm³/mol.